The van der Waals surface area contributed by atoms with E-state index < -0.39 is 19.7 Å². The van der Waals surface area contributed by atoms with Crippen molar-refractivity contribution >= 4 is 31.0 Å². The minimum atomic E-state index is -3.47. The molecule has 2 saturated heterocycles. The van der Waals surface area contributed by atoms with E-state index in [9.17, 15) is 16.8 Å². The maximum Gasteiger partial charge on any atom is 0.206 e. The van der Waals surface area contributed by atoms with Crippen LogP contribution in [0.5, 0.6) is 0 Å². The summed E-state index contributed by atoms with van der Waals surface area (Å²) < 4.78 is 51.6. The highest BCUT2D eigenvalue weighted by molar-refractivity contribution is 7.91. The van der Waals surface area contributed by atoms with Gasteiger partial charge >= 0.3 is 0 Å². The van der Waals surface area contributed by atoms with Crippen LogP contribution >= 0.6 is 0 Å². The van der Waals surface area contributed by atoms with Crippen molar-refractivity contribution in [2.24, 2.45) is 5.92 Å². The van der Waals surface area contributed by atoms with Gasteiger partial charge in [0.1, 0.15) is 0 Å². The molecule has 10 heteroatoms. The van der Waals surface area contributed by atoms with E-state index in [1.165, 1.54) is 0 Å². The van der Waals surface area contributed by atoms with Crippen molar-refractivity contribution in [1.82, 2.24) is 10.6 Å². The molecule has 0 aromatic heterocycles. The van der Waals surface area contributed by atoms with Crippen molar-refractivity contribution in [2.75, 3.05) is 30.3 Å². The summed E-state index contributed by atoms with van der Waals surface area (Å²) in [5.41, 5.74) is 4.47. The molecule has 0 saturated carbocycles. The first-order valence-corrected chi connectivity index (χ1v) is 19.9. The molecule has 4 aromatic rings. The number of fused-ring (bicyclic) bond motifs is 6. The standard InChI is InChI=1S/2C19H22N2O2S/c1-13-12-20-10-9-18-19(13)16-11-15(7-8-17(16)21-18)24(22,23)14-5-3-2-4-6-14;1-13-11-16-17-12-15(24(22,23)14-5-3-2-4-6-14)7-8-18(17)21-19(16)9-10-20-13/h2-8,11,13,18-21H,9-10,12H2,1H3;2-8,12-13,16,19-21H,9-11H2,1H3/t13?,18-,19-;13?,16-,19-/m00/s1. The molecule has 4 N–H and O–H groups in total. The van der Waals surface area contributed by atoms with E-state index in [0.29, 0.717) is 55.5 Å². The molecule has 2 unspecified atom stereocenters. The zero-order valence-electron chi connectivity index (χ0n) is 27.4. The Balaban J connectivity index is 0.000000152. The molecule has 0 radical (unpaired) electrons. The topological polar surface area (TPSA) is 116 Å². The first-order chi connectivity index (χ1) is 23.1. The van der Waals surface area contributed by atoms with Crippen molar-refractivity contribution in [3.05, 3.63) is 108 Å². The predicted octanol–water partition coefficient (Wildman–Crippen LogP) is 6.20. The van der Waals surface area contributed by atoms with Gasteiger partial charge in [0.2, 0.25) is 19.7 Å². The molecule has 0 amide bonds. The zero-order chi connectivity index (χ0) is 33.5. The summed E-state index contributed by atoms with van der Waals surface area (Å²) >= 11 is 0. The van der Waals surface area contributed by atoms with Gasteiger partial charge in [0.25, 0.3) is 0 Å². The molecule has 4 aliphatic heterocycles. The highest BCUT2D eigenvalue weighted by Crippen LogP contribution is 2.44. The third kappa shape index (κ3) is 6.27. The third-order valence-electron chi connectivity index (χ3n) is 10.4. The monoisotopic (exact) mass is 684 g/mol. The lowest BCUT2D eigenvalue weighted by Crippen LogP contribution is -2.25. The molecule has 2 fully saturated rings. The number of nitrogens with one attached hydrogen (secondary N) is 4. The molecule has 0 bridgehead atoms. The summed E-state index contributed by atoms with van der Waals surface area (Å²) in [5, 5.41) is 14.2. The molecule has 0 aliphatic carbocycles. The predicted molar refractivity (Wildman–Crippen MR) is 190 cm³/mol. The fraction of sp³-hybridized carbons (Fsp3) is 0.368. The summed E-state index contributed by atoms with van der Waals surface area (Å²) in [4.78, 5) is 1.48. The fourth-order valence-electron chi connectivity index (χ4n) is 7.94. The van der Waals surface area contributed by atoms with Crippen LogP contribution in [0.2, 0.25) is 0 Å². The lowest BCUT2D eigenvalue weighted by Gasteiger charge is -2.22. The summed E-state index contributed by atoms with van der Waals surface area (Å²) in [7, 11) is -6.93. The van der Waals surface area contributed by atoms with Crippen LogP contribution in [0.1, 0.15) is 56.1 Å². The second-order valence-corrected chi connectivity index (χ2v) is 17.5. The van der Waals surface area contributed by atoms with Gasteiger partial charge in [0, 0.05) is 41.3 Å². The van der Waals surface area contributed by atoms with Gasteiger partial charge in [-0.05, 0) is 124 Å². The first kappa shape index (κ1) is 32.8. The van der Waals surface area contributed by atoms with Crippen LogP contribution in [0, 0.1) is 5.92 Å². The van der Waals surface area contributed by atoms with Gasteiger partial charge < -0.3 is 21.3 Å². The molecule has 8 nitrogen and oxygen atoms in total. The Bertz CT molecular complexity index is 1990. The van der Waals surface area contributed by atoms with Crippen LogP contribution in [0.4, 0.5) is 11.4 Å². The lowest BCUT2D eigenvalue weighted by molar-refractivity contribution is 0.443. The Hall–Kier alpha value is -3.70. The van der Waals surface area contributed by atoms with Crippen molar-refractivity contribution < 1.29 is 16.8 Å². The van der Waals surface area contributed by atoms with Crippen LogP contribution in [0.3, 0.4) is 0 Å². The smallest absolute Gasteiger partial charge is 0.206 e. The quantitative estimate of drug-likeness (QED) is 0.201. The summed E-state index contributed by atoms with van der Waals surface area (Å²) in [5.74, 6) is 1.21. The van der Waals surface area contributed by atoms with Crippen LogP contribution in [-0.2, 0) is 19.7 Å². The van der Waals surface area contributed by atoms with Gasteiger partial charge in [0.05, 0.1) is 19.6 Å². The molecular weight excluding hydrogens is 641 g/mol. The van der Waals surface area contributed by atoms with E-state index in [2.05, 4.69) is 35.1 Å². The zero-order valence-corrected chi connectivity index (χ0v) is 29.0. The molecule has 4 aromatic carbocycles. The van der Waals surface area contributed by atoms with Crippen LogP contribution in [0.25, 0.3) is 0 Å². The maximum atomic E-state index is 12.9. The average Bonchev–Trinajstić information content (AvgIpc) is 3.50. The molecule has 6 atom stereocenters. The number of anilines is 2. The van der Waals surface area contributed by atoms with Gasteiger partial charge in [-0.3, -0.25) is 0 Å². The van der Waals surface area contributed by atoms with E-state index in [1.54, 1.807) is 60.7 Å². The van der Waals surface area contributed by atoms with E-state index >= 15 is 0 Å². The highest BCUT2D eigenvalue weighted by Gasteiger charge is 2.38. The van der Waals surface area contributed by atoms with Gasteiger partial charge in [0.15, 0.2) is 0 Å². The van der Waals surface area contributed by atoms with E-state index in [4.69, 9.17) is 0 Å². The molecule has 4 aliphatic rings. The number of sulfone groups is 2. The molecular formula is C38H44N4O4S2. The van der Waals surface area contributed by atoms with Crippen LogP contribution < -0.4 is 21.3 Å². The van der Waals surface area contributed by atoms with Gasteiger partial charge in [-0.25, -0.2) is 16.8 Å². The van der Waals surface area contributed by atoms with E-state index in [1.807, 2.05) is 36.4 Å². The number of hydrogen-bond acceptors (Lipinski definition) is 8. The molecule has 0 spiro atoms. The Morgan fingerprint density at radius 3 is 1.77 bits per heavy atom. The van der Waals surface area contributed by atoms with Crippen molar-refractivity contribution in [1.29, 1.82) is 0 Å². The average molecular weight is 685 g/mol. The second kappa shape index (κ2) is 13.3. The molecule has 252 valence electrons. The second-order valence-electron chi connectivity index (χ2n) is 13.6. The van der Waals surface area contributed by atoms with Gasteiger partial charge in [-0.15, -0.1) is 0 Å². The van der Waals surface area contributed by atoms with E-state index in [0.717, 1.165) is 61.4 Å². The van der Waals surface area contributed by atoms with Crippen molar-refractivity contribution in [3.63, 3.8) is 0 Å². The summed E-state index contributed by atoms with van der Waals surface area (Å²) in [6.07, 6.45) is 3.15. The highest BCUT2D eigenvalue weighted by atomic mass is 32.2. The SMILES string of the molecule is CC1CNCC[C@@H]2Nc3ccc(S(=O)(=O)c4ccccc4)cc3[C@H]12.CC1C[C@H]2c3cc(S(=O)(=O)c4ccccc4)ccc3N[C@H]2CCN1. The van der Waals surface area contributed by atoms with Crippen molar-refractivity contribution in [2.45, 2.75) is 82.7 Å². The summed E-state index contributed by atoms with van der Waals surface area (Å²) in [6, 6.07) is 29.6. The Morgan fingerprint density at radius 1 is 0.604 bits per heavy atom. The lowest BCUT2D eigenvalue weighted by atomic mass is 9.84. The number of hydrogen-bond donors (Lipinski definition) is 4. The van der Waals surface area contributed by atoms with Crippen LogP contribution in [0.15, 0.2) is 117 Å². The minimum absolute atomic E-state index is 0.350. The maximum absolute atomic E-state index is 12.9. The third-order valence-corrected chi connectivity index (χ3v) is 13.9. The summed E-state index contributed by atoms with van der Waals surface area (Å²) in [6.45, 7) is 7.41. The van der Waals surface area contributed by atoms with E-state index in [-0.39, 0.29) is 0 Å². The Morgan fingerprint density at radius 2 is 1.15 bits per heavy atom. The minimum Gasteiger partial charge on any atom is -0.381 e. The fourth-order valence-corrected chi connectivity index (χ4v) is 10.6. The Kier molecular flexibility index (Phi) is 9.10. The molecule has 48 heavy (non-hydrogen) atoms. The number of benzene rings is 4. The van der Waals surface area contributed by atoms with Gasteiger partial charge in [-0.2, -0.15) is 0 Å². The van der Waals surface area contributed by atoms with Crippen molar-refractivity contribution in [3.8, 4) is 0 Å². The normalized spacial score (nSPS) is 26.1. The largest absolute Gasteiger partial charge is 0.381 e. The Labute approximate surface area is 284 Å². The molecule has 8 rings (SSSR count). The molecule has 4 heterocycles. The van der Waals surface area contributed by atoms with Crippen LogP contribution in [-0.4, -0.2) is 54.6 Å². The first-order valence-electron chi connectivity index (χ1n) is 17.0. The number of rotatable bonds is 4. The van der Waals surface area contributed by atoms with Gasteiger partial charge in [-0.1, -0.05) is 43.3 Å².